The van der Waals surface area contributed by atoms with Crippen molar-refractivity contribution in [1.29, 1.82) is 0 Å². The van der Waals surface area contributed by atoms with Gasteiger partial charge in [0.2, 0.25) is 0 Å². The highest BCUT2D eigenvalue weighted by atomic mass is 28.4. The first-order valence-corrected chi connectivity index (χ1v) is 11.1. The molecule has 3 heteroatoms. The summed E-state index contributed by atoms with van der Waals surface area (Å²) in [5.41, 5.74) is 1.05. The standard InChI is InChI=1S/C10H24OSi2/c1-8-9(2)13(6,7)11-10(3)12(4)5/h8-10,12H,1H2,2-7H3. The molecule has 0 heterocycles. The molecule has 0 aromatic rings. The van der Waals surface area contributed by atoms with E-state index in [0.29, 0.717) is 11.3 Å². The van der Waals surface area contributed by atoms with Gasteiger partial charge >= 0.3 is 0 Å². The fourth-order valence-corrected chi connectivity index (χ4v) is 4.89. The maximum atomic E-state index is 6.18. The molecule has 0 aliphatic rings. The Morgan fingerprint density at radius 3 is 2.08 bits per heavy atom. The second-order valence-corrected chi connectivity index (χ2v) is 12.5. The average molecular weight is 216 g/mol. The van der Waals surface area contributed by atoms with Gasteiger partial charge in [-0.05, 0) is 25.6 Å². The van der Waals surface area contributed by atoms with E-state index in [9.17, 15) is 0 Å². The number of rotatable bonds is 5. The molecule has 0 aliphatic carbocycles. The van der Waals surface area contributed by atoms with E-state index in [1.54, 1.807) is 0 Å². The summed E-state index contributed by atoms with van der Waals surface area (Å²) in [4.78, 5) is 0. The Labute approximate surface area is 85.9 Å². The minimum atomic E-state index is -1.52. The summed E-state index contributed by atoms with van der Waals surface area (Å²) in [6.07, 6.45) is 2.03. The van der Waals surface area contributed by atoms with Gasteiger partial charge in [0.15, 0.2) is 8.32 Å². The SMILES string of the molecule is C=CC(C)[Si](C)(C)OC(C)[SiH](C)C. The van der Waals surface area contributed by atoms with Gasteiger partial charge in [0, 0.05) is 5.73 Å². The highest BCUT2D eigenvalue weighted by molar-refractivity contribution is 6.74. The van der Waals surface area contributed by atoms with Crippen LogP contribution in [0.25, 0.3) is 0 Å². The van der Waals surface area contributed by atoms with Crippen molar-refractivity contribution < 1.29 is 4.43 Å². The van der Waals surface area contributed by atoms with Gasteiger partial charge in [-0.3, -0.25) is 0 Å². The topological polar surface area (TPSA) is 9.23 Å². The molecule has 78 valence electrons. The molecule has 0 aromatic heterocycles. The third kappa shape index (κ3) is 4.24. The Morgan fingerprint density at radius 1 is 1.31 bits per heavy atom. The fourth-order valence-electron chi connectivity index (χ4n) is 1.01. The first-order valence-electron chi connectivity index (χ1n) is 5.11. The molecular formula is C10H24OSi2. The largest absolute Gasteiger partial charge is 0.418 e. The van der Waals surface area contributed by atoms with Crippen molar-refractivity contribution in [2.75, 3.05) is 0 Å². The zero-order valence-electron chi connectivity index (χ0n) is 9.92. The third-order valence-electron chi connectivity index (χ3n) is 2.88. The number of hydrogen-bond donors (Lipinski definition) is 0. The molecule has 0 bridgehead atoms. The van der Waals surface area contributed by atoms with Crippen molar-refractivity contribution in [3.05, 3.63) is 12.7 Å². The summed E-state index contributed by atoms with van der Waals surface area (Å²) in [6, 6.07) is 0. The van der Waals surface area contributed by atoms with Gasteiger partial charge in [0.05, 0.1) is 8.80 Å². The lowest BCUT2D eigenvalue weighted by Crippen LogP contribution is -2.41. The maximum Gasteiger partial charge on any atom is 0.193 e. The van der Waals surface area contributed by atoms with Crippen molar-refractivity contribution in [3.8, 4) is 0 Å². The molecule has 2 atom stereocenters. The first kappa shape index (κ1) is 13.1. The Kier molecular flexibility index (Phi) is 5.18. The molecule has 0 aromatic carbocycles. The lowest BCUT2D eigenvalue weighted by Gasteiger charge is -2.32. The minimum Gasteiger partial charge on any atom is -0.418 e. The van der Waals surface area contributed by atoms with E-state index in [2.05, 4.69) is 46.6 Å². The molecular weight excluding hydrogens is 192 g/mol. The van der Waals surface area contributed by atoms with Gasteiger partial charge < -0.3 is 4.43 Å². The maximum absolute atomic E-state index is 6.18. The molecule has 0 radical (unpaired) electrons. The van der Waals surface area contributed by atoms with Crippen LogP contribution in [0, 0.1) is 0 Å². The second kappa shape index (κ2) is 5.12. The zero-order valence-corrected chi connectivity index (χ0v) is 12.1. The van der Waals surface area contributed by atoms with Crippen LogP contribution in [0.15, 0.2) is 12.7 Å². The lowest BCUT2D eigenvalue weighted by atomic mass is 10.5. The quantitative estimate of drug-likeness (QED) is 0.506. The monoisotopic (exact) mass is 216 g/mol. The summed E-state index contributed by atoms with van der Waals surface area (Å²) in [6.45, 7) is 17.5. The van der Waals surface area contributed by atoms with Crippen LogP contribution < -0.4 is 0 Å². The van der Waals surface area contributed by atoms with Crippen LogP contribution in [0.1, 0.15) is 13.8 Å². The van der Waals surface area contributed by atoms with Crippen molar-refractivity contribution in [2.45, 2.75) is 51.3 Å². The van der Waals surface area contributed by atoms with Gasteiger partial charge in [0.25, 0.3) is 0 Å². The van der Waals surface area contributed by atoms with Crippen molar-refractivity contribution in [2.24, 2.45) is 0 Å². The predicted octanol–water partition coefficient (Wildman–Crippen LogP) is 3.20. The van der Waals surface area contributed by atoms with E-state index in [4.69, 9.17) is 4.43 Å². The van der Waals surface area contributed by atoms with Crippen LogP contribution in [0.2, 0.25) is 31.7 Å². The zero-order chi connectivity index (χ0) is 10.6. The molecule has 2 unspecified atom stereocenters. The van der Waals surface area contributed by atoms with Crippen LogP contribution >= 0.6 is 0 Å². The van der Waals surface area contributed by atoms with Gasteiger partial charge in [-0.1, -0.05) is 26.1 Å². The van der Waals surface area contributed by atoms with Gasteiger partial charge in [-0.2, -0.15) is 0 Å². The first-order chi connectivity index (χ1) is 5.81. The lowest BCUT2D eigenvalue weighted by molar-refractivity contribution is 0.279. The van der Waals surface area contributed by atoms with E-state index in [0.717, 1.165) is 0 Å². The molecule has 0 spiro atoms. The fraction of sp³-hybridized carbons (Fsp3) is 0.800. The van der Waals surface area contributed by atoms with Crippen LogP contribution in [0.5, 0.6) is 0 Å². The highest BCUT2D eigenvalue weighted by Crippen LogP contribution is 2.25. The second-order valence-electron chi connectivity index (χ2n) is 4.69. The Hall–Kier alpha value is 0.134. The van der Waals surface area contributed by atoms with E-state index in [1.807, 2.05) is 6.08 Å². The molecule has 0 fully saturated rings. The highest BCUT2D eigenvalue weighted by Gasteiger charge is 2.30. The molecule has 0 rings (SSSR count). The van der Waals surface area contributed by atoms with Crippen LogP contribution in [-0.2, 0) is 4.43 Å². The summed E-state index contributed by atoms with van der Waals surface area (Å²) >= 11 is 0. The molecule has 0 saturated heterocycles. The van der Waals surface area contributed by atoms with Gasteiger partial charge in [-0.25, -0.2) is 0 Å². The summed E-state index contributed by atoms with van der Waals surface area (Å²) < 4.78 is 6.18. The van der Waals surface area contributed by atoms with E-state index in [1.165, 1.54) is 0 Å². The number of hydrogen-bond acceptors (Lipinski definition) is 1. The normalized spacial score (nSPS) is 17.2. The summed E-state index contributed by atoms with van der Waals surface area (Å²) in [5.74, 6) is 0. The average Bonchev–Trinajstić information content (AvgIpc) is 2.01. The Balaban J connectivity index is 4.23. The van der Waals surface area contributed by atoms with Gasteiger partial charge in [0.1, 0.15) is 0 Å². The minimum absolute atomic E-state index is 0.504. The van der Waals surface area contributed by atoms with Crippen LogP contribution in [0.4, 0.5) is 0 Å². The van der Waals surface area contributed by atoms with Crippen molar-refractivity contribution in [3.63, 3.8) is 0 Å². The van der Waals surface area contributed by atoms with Crippen molar-refractivity contribution in [1.82, 2.24) is 0 Å². The molecule has 0 amide bonds. The van der Waals surface area contributed by atoms with Crippen LogP contribution in [0.3, 0.4) is 0 Å². The molecule has 0 N–H and O–H groups in total. The molecule has 0 saturated carbocycles. The molecule has 13 heavy (non-hydrogen) atoms. The number of allylic oxidation sites excluding steroid dienone is 1. The van der Waals surface area contributed by atoms with Gasteiger partial charge in [-0.15, -0.1) is 6.58 Å². The summed E-state index contributed by atoms with van der Waals surface area (Å²) in [5, 5.41) is 0. The molecule has 1 nitrogen and oxygen atoms in total. The predicted molar refractivity (Wildman–Crippen MR) is 66.5 cm³/mol. The Morgan fingerprint density at radius 2 is 1.77 bits per heavy atom. The van der Waals surface area contributed by atoms with E-state index < -0.39 is 17.1 Å². The van der Waals surface area contributed by atoms with E-state index in [-0.39, 0.29) is 0 Å². The third-order valence-corrected chi connectivity index (χ3v) is 8.57. The summed E-state index contributed by atoms with van der Waals surface area (Å²) in [7, 11) is -2.15. The van der Waals surface area contributed by atoms with Crippen LogP contribution in [-0.4, -0.2) is 22.8 Å². The smallest absolute Gasteiger partial charge is 0.193 e. The Bertz CT molecular complexity index is 166. The van der Waals surface area contributed by atoms with Crippen molar-refractivity contribution >= 4 is 17.1 Å². The molecule has 0 aliphatic heterocycles. The van der Waals surface area contributed by atoms with E-state index >= 15 is 0 Å².